The van der Waals surface area contributed by atoms with E-state index in [1.54, 1.807) is 7.11 Å². The van der Waals surface area contributed by atoms with Crippen LogP contribution in [0.4, 0.5) is 0 Å². The lowest BCUT2D eigenvalue weighted by Gasteiger charge is -2.39. The number of carbonyl (C=O) groups excluding carboxylic acids is 1. The van der Waals surface area contributed by atoms with Crippen molar-refractivity contribution < 1.29 is 9.53 Å². The molecular formula is C22H34N4O2. The number of rotatable bonds is 8. The van der Waals surface area contributed by atoms with Gasteiger partial charge in [0.2, 0.25) is 0 Å². The maximum absolute atomic E-state index is 13.7. The van der Waals surface area contributed by atoms with Crippen LogP contribution in [-0.4, -0.2) is 59.2 Å². The summed E-state index contributed by atoms with van der Waals surface area (Å²) in [6, 6.07) is 8.37. The van der Waals surface area contributed by atoms with Gasteiger partial charge < -0.3 is 19.5 Å². The zero-order valence-electron chi connectivity index (χ0n) is 17.6. The Morgan fingerprint density at radius 2 is 2.11 bits per heavy atom. The van der Waals surface area contributed by atoms with Gasteiger partial charge in [-0.05, 0) is 57.7 Å². The molecule has 1 saturated heterocycles. The Balaban J connectivity index is 1.91. The van der Waals surface area contributed by atoms with Gasteiger partial charge in [-0.1, -0.05) is 19.1 Å². The summed E-state index contributed by atoms with van der Waals surface area (Å²) in [5, 5.41) is 3.48. The molecule has 1 N–H and O–H groups in total. The van der Waals surface area contributed by atoms with E-state index in [-0.39, 0.29) is 18.0 Å². The second-order valence-electron chi connectivity index (χ2n) is 8.23. The number of aryl methyl sites for hydroxylation is 1. The molecule has 2 atom stereocenters. The van der Waals surface area contributed by atoms with Gasteiger partial charge in [0.15, 0.2) is 5.82 Å². The van der Waals surface area contributed by atoms with Crippen LogP contribution in [0.25, 0.3) is 11.0 Å². The molecule has 0 saturated carbocycles. The molecule has 1 aliphatic heterocycles. The molecule has 0 aliphatic carbocycles. The number of nitrogens with one attached hydrogen (secondary N) is 1. The first-order chi connectivity index (χ1) is 13.5. The first kappa shape index (κ1) is 20.8. The minimum atomic E-state index is 0.0406. The number of imidazole rings is 1. The van der Waals surface area contributed by atoms with Crippen LogP contribution in [0.15, 0.2) is 24.3 Å². The third-order valence-electron chi connectivity index (χ3n) is 5.56. The van der Waals surface area contributed by atoms with Crippen LogP contribution in [-0.2, 0) is 11.3 Å². The molecule has 3 rings (SSSR count). The predicted octanol–water partition coefficient (Wildman–Crippen LogP) is 3.31. The van der Waals surface area contributed by atoms with Gasteiger partial charge in [0.1, 0.15) is 0 Å². The quantitative estimate of drug-likeness (QED) is 0.707. The van der Waals surface area contributed by atoms with E-state index in [1.165, 1.54) is 0 Å². The average Bonchev–Trinajstić information content (AvgIpc) is 3.04. The fourth-order valence-electron chi connectivity index (χ4n) is 4.26. The molecule has 2 heterocycles. The number of piperidine rings is 1. The van der Waals surface area contributed by atoms with Crippen LogP contribution in [0.5, 0.6) is 0 Å². The van der Waals surface area contributed by atoms with Crippen molar-refractivity contribution in [2.45, 2.75) is 58.7 Å². The Morgan fingerprint density at radius 3 is 2.82 bits per heavy atom. The number of unbranched alkanes of at least 4 members (excludes halogenated alkanes) is 1. The molecule has 6 nitrogen and oxygen atoms in total. The Kier molecular flexibility index (Phi) is 7.08. The highest BCUT2D eigenvalue weighted by Crippen LogP contribution is 2.23. The van der Waals surface area contributed by atoms with Crippen LogP contribution in [0.1, 0.15) is 50.7 Å². The van der Waals surface area contributed by atoms with Crippen molar-refractivity contribution in [3.8, 4) is 0 Å². The fraction of sp³-hybridized carbons (Fsp3) is 0.636. The summed E-state index contributed by atoms with van der Waals surface area (Å²) in [4.78, 5) is 20.4. The standard InChI is InChI=1S/C22H34N4O2/c1-16(2)26(18-13-17(3)14-23-15-18)22(27)21-24-19-9-5-6-10-20(19)25(21)11-7-8-12-28-4/h5-6,9-10,16-18,23H,7-8,11-15H2,1-4H3/t17?,18-/m0/s1. The summed E-state index contributed by atoms with van der Waals surface area (Å²) in [5.74, 6) is 1.17. The molecule has 28 heavy (non-hydrogen) atoms. The van der Waals surface area contributed by atoms with E-state index >= 15 is 0 Å². The fourth-order valence-corrected chi connectivity index (χ4v) is 4.26. The van der Waals surface area contributed by atoms with Gasteiger partial charge in [0.05, 0.1) is 11.0 Å². The number of ether oxygens (including phenoxy) is 1. The summed E-state index contributed by atoms with van der Waals surface area (Å²) in [7, 11) is 1.72. The van der Waals surface area contributed by atoms with Crippen molar-refractivity contribution >= 4 is 16.9 Å². The smallest absolute Gasteiger partial charge is 0.290 e. The number of fused-ring (bicyclic) bond motifs is 1. The van der Waals surface area contributed by atoms with Crippen molar-refractivity contribution in [3.63, 3.8) is 0 Å². The first-order valence-electron chi connectivity index (χ1n) is 10.5. The Bertz CT molecular complexity index is 786. The van der Waals surface area contributed by atoms with Crippen molar-refractivity contribution in [2.24, 2.45) is 5.92 Å². The van der Waals surface area contributed by atoms with Crippen LogP contribution in [0, 0.1) is 5.92 Å². The van der Waals surface area contributed by atoms with E-state index in [0.717, 1.165) is 56.5 Å². The molecular weight excluding hydrogens is 352 g/mol. The summed E-state index contributed by atoms with van der Waals surface area (Å²) in [6.07, 6.45) is 2.96. The minimum Gasteiger partial charge on any atom is -0.385 e. The Labute approximate surface area is 168 Å². The second-order valence-corrected chi connectivity index (χ2v) is 8.23. The number of amides is 1. The van der Waals surface area contributed by atoms with Gasteiger partial charge in [-0.2, -0.15) is 0 Å². The van der Waals surface area contributed by atoms with Crippen LogP contribution < -0.4 is 5.32 Å². The zero-order chi connectivity index (χ0) is 20.1. The van der Waals surface area contributed by atoms with Gasteiger partial charge in [-0.3, -0.25) is 4.79 Å². The summed E-state index contributed by atoms with van der Waals surface area (Å²) in [6.45, 7) is 9.82. The van der Waals surface area contributed by atoms with E-state index in [4.69, 9.17) is 9.72 Å². The third kappa shape index (κ3) is 4.55. The molecule has 1 amide bonds. The summed E-state index contributed by atoms with van der Waals surface area (Å²) >= 11 is 0. The average molecular weight is 387 g/mol. The number of nitrogens with zero attached hydrogens (tertiary/aromatic N) is 3. The molecule has 0 radical (unpaired) electrons. The normalized spacial score (nSPS) is 20.0. The van der Waals surface area contributed by atoms with E-state index in [0.29, 0.717) is 11.7 Å². The van der Waals surface area contributed by atoms with Crippen molar-refractivity contribution in [1.82, 2.24) is 19.8 Å². The lowest BCUT2D eigenvalue weighted by Crippen LogP contribution is -2.53. The Morgan fingerprint density at radius 1 is 1.32 bits per heavy atom. The maximum atomic E-state index is 13.7. The zero-order valence-corrected chi connectivity index (χ0v) is 17.6. The van der Waals surface area contributed by atoms with Gasteiger partial charge in [0.25, 0.3) is 5.91 Å². The molecule has 1 aliphatic rings. The second kappa shape index (κ2) is 9.52. The number of aromatic nitrogens is 2. The van der Waals surface area contributed by atoms with Gasteiger partial charge in [-0.25, -0.2) is 4.98 Å². The topological polar surface area (TPSA) is 59.4 Å². The first-order valence-corrected chi connectivity index (χ1v) is 10.5. The van der Waals surface area contributed by atoms with Crippen molar-refractivity contribution in [3.05, 3.63) is 30.1 Å². The molecule has 1 fully saturated rings. The lowest BCUT2D eigenvalue weighted by atomic mass is 9.95. The van der Waals surface area contributed by atoms with Crippen LogP contribution in [0.2, 0.25) is 0 Å². The van der Waals surface area contributed by atoms with Gasteiger partial charge in [0, 0.05) is 38.9 Å². The van der Waals surface area contributed by atoms with Crippen molar-refractivity contribution in [1.29, 1.82) is 0 Å². The van der Waals surface area contributed by atoms with Crippen LogP contribution >= 0.6 is 0 Å². The van der Waals surface area contributed by atoms with E-state index in [9.17, 15) is 4.79 Å². The number of hydrogen-bond donors (Lipinski definition) is 1. The largest absolute Gasteiger partial charge is 0.385 e. The van der Waals surface area contributed by atoms with Crippen molar-refractivity contribution in [2.75, 3.05) is 26.8 Å². The highest BCUT2D eigenvalue weighted by atomic mass is 16.5. The van der Waals surface area contributed by atoms with Crippen LogP contribution in [0.3, 0.4) is 0 Å². The molecule has 1 aromatic carbocycles. The molecule has 154 valence electrons. The van der Waals surface area contributed by atoms with E-state index in [1.807, 2.05) is 23.1 Å². The van der Waals surface area contributed by atoms with E-state index < -0.39 is 0 Å². The number of carbonyl (C=O) groups is 1. The van der Waals surface area contributed by atoms with Gasteiger partial charge in [-0.15, -0.1) is 0 Å². The number of hydrogen-bond acceptors (Lipinski definition) is 4. The predicted molar refractivity (Wildman–Crippen MR) is 113 cm³/mol. The highest BCUT2D eigenvalue weighted by Gasteiger charge is 2.33. The number of para-hydroxylation sites is 2. The third-order valence-corrected chi connectivity index (χ3v) is 5.56. The number of benzene rings is 1. The molecule has 1 aromatic heterocycles. The monoisotopic (exact) mass is 386 g/mol. The molecule has 6 heteroatoms. The van der Waals surface area contributed by atoms with Gasteiger partial charge >= 0.3 is 0 Å². The Hall–Kier alpha value is -1.92. The SMILES string of the molecule is COCCCCn1c(C(=O)N(C(C)C)[C@@H]2CNCC(C)C2)nc2ccccc21. The molecule has 1 unspecified atom stereocenters. The molecule has 0 spiro atoms. The maximum Gasteiger partial charge on any atom is 0.290 e. The summed E-state index contributed by atoms with van der Waals surface area (Å²) in [5.41, 5.74) is 1.92. The van der Waals surface area contributed by atoms with E-state index in [2.05, 4.69) is 36.7 Å². The number of methoxy groups -OCH3 is 1. The molecule has 2 aromatic rings. The summed E-state index contributed by atoms with van der Waals surface area (Å²) < 4.78 is 7.28. The highest BCUT2D eigenvalue weighted by molar-refractivity contribution is 5.95. The molecule has 0 bridgehead atoms. The minimum absolute atomic E-state index is 0.0406. The lowest BCUT2D eigenvalue weighted by molar-refractivity contribution is 0.0527.